The average molecular weight is 655 g/mol. The maximum atomic E-state index is 12.8. The van der Waals surface area contributed by atoms with Gasteiger partial charge in [-0.1, -0.05) is 19.9 Å². The van der Waals surface area contributed by atoms with Crippen LogP contribution < -0.4 is 15.5 Å². The molecular formula is C28H33Cl2N5O9. The molecule has 3 aliphatic heterocycles. The van der Waals surface area contributed by atoms with Crippen LogP contribution in [0.25, 0.3) is 11.1 Å². The van der Waals surface area contributed by atoms with E-state index in [0.717, 1.165) is 21.6 Å². The molecule has 3 atom stereocenters. The summed E-state index contributed by atoms with van der Waals surface area (Å²) < 4.78 is 20.3. The van der Waals surface area contributed by atoms with E-state index in [1.807, 2.05) is 24.3 Å². The number of benzene rings is 1. The van der Waals surface area contributed by atoms with E-state index in [9.17, 15) is 24.0 Å². The van der Waals surface area contributed by atoms with Gasteiger partial charge in [-0.15, -0.1) is 24.8 Å². The second-order valence-electron chi connectivity index (χ2n) is 10.5. The Morgan fingerprint density at radius 2 is 1.82 bits per heavy atom. The normalized spacial score (nSPS) is 18.8. The lowest BCUT2D eigenvalue weighted by Crippen LogP contribution is -2.46. The number of carbonyl (C=O) groups is 5. The van der Waals surface area contributed by atoms with Gasteiger partial charge in [0.2, 0.25) is 12.7 Å². The van der Waals surface area contributed by atoms with Gasteiger partial charge in [0.15, 0.2) is 0 Å². The number of rotatable bonds is 8. The van der Waals surface area contributed by atoms with Gasteiger partial charge in [-0.2, -0.15) is 0 Å². The third-order valence-corrected chi connectivity index (χ3v) is 7.43. The molecule has 0 aliphatic carbocycles. The zero-order valence-electron chi connectivity index (χ0n) is 24.2. The number of esters is 1. The zero-order chi connectivity index (χ0) is 30.1. The van der Waals surface area contributed by atoms with Crippen LogP contribution in [0, 0.1) is 5.92 Å². The highest BCUT2D eigenvalue weighted by molar-refractivity contribution is 5.95. The molecule has 4 amide bonds. The largest absolute Gasteiger partial charge is 0.447 e. The molecule has 16 heteroatoms. The first-order chi connectivity index (χ1) is 20.0. The molecule has 1 aromatic carbocycles. The van der Waals surface area contributed by atoms with Crippen LogP contribution in [-0.2, 0) is 35.0 Å². The Bertz CT molecular complexity index is 1420. The zero-order valence-corrected chi connectivity index (χ0v) is 25.8. The quantitative estimate of drug-likeness (QED) is 0.252. The summed E-state index contributed by atoms with van der Waals surface area (Å²) in [6, 6.07) is 7.88. The third kappa shape index (κ3) is 6.82. The van der Waals surface area contributed by atoms with Crippen molar-refractivity contribution in [3.8, 4) is 11.1 Å². The van der Waals surface area contributed by atoms with Crippen molar-refractivity contribution >= 4 is 66.5 Å². The Kier molecular flexibility index (Phi) is 11.0. The van der Waals surface area contributed by atoms with Crippen molar-refractivity contribution in [3.05, 3.63) is 42.1 Å². The highest BCUT2D eigenvalue weighted by Gasteiger charge is 2.49. The van der Waals surface area contributed by atoms with Crippen LogP contribution in [0.15, 0.2) is 36.5 Å². The fourth-order valence-corrected chi connectivity index (χ4v) is 5.03. The Morgan fingerprint density at radius 1 is 1.09 bits per heavy atom. The van der Waals surface area contributed by atoms with Crippen LogP contribution in [0.2, 0.25) is 0 Å². The first-order valence-corrected chi connectivity index (χ1v) is 13.5. The van der Waals surface area contributed by atoms with Crippen molar-refractivity contribution in [1.82, 2.24) is 9.88 Å². The van der Waals surface area contributed by atoms with Gasteiger partial charge in [-0.25, -0.2) is 24.3 Å². The number of anilines is 2. The fourth-order valence-electron chi connectivity index (χ4n) is 5.03. The number of carbonyl (C=O) groups excluding carboxylic acids is 5. The standard InChI is InChI=1S/C28H31N5O9.2ClH/c1-15(2)24(29)25(35)40-14-41-27(37)32(16(3)34)13-22-21-11-19-10-17(4-6-20(19)33(21)28(38)42-22)18-5-7-23(30-12-18)31-8-9-39-26(31)36;;/h4-7,10,12,15,21-22,24H,8-9,11,13-14,29H2,1-3H3;2*1H/t21-,22-,24?;;/m0../s1. The van der Waals surface area contributed by atoms with Crippen molar-refractivity contribution in [2.75, 3.05) is 36.3 Å². The molecule has 0 spiro atoms. The summed E-state index contributed by atoms with van der Waals surface area (Å²) in [5.41, 5.74) is 8.96. The summed E-state index contributed by atoms with van der Waals surface area (Å²) >= 11 is 0. The van der Waals surface area contributed by atoms with Crippen LogP contribution >= 0.6 is 24.8 Å². The number of nitrogens with zero attached hydrogens (tertiary/aromatic N) is 4. The van der Waals surface area contributed by atoms with E-state index in [1.54, 1.807) is 26.1 Å². The number of fused-ring (bicyclic) bond motifs is 3. The van der Waals surface area contributed by atoms with E-state index >= 15 is 0 Å². The van der Waals surface area contributed by atoms with E-state index in [0.29, 0.717) is 31.1 Å². The molecule has 1 aromatic heterocycles. The molecule has 44 heavy (non-hydrogen) atoms. The smallest absolute Gasteiger partial charge is 0.419 e. The van der Waals surface area contributed by atoms with Crippen molar-refractivity contribution in [3.63, 3.8) is 0 Å². The first kappa shape index (κ1) is 34.4. The Morgan fingerprint density at radius 3 is 2.43 bits per heavy atom. The molecule has 2 N–H and O–H groups in total. The number of amides is 4. The number of nitrogens with two attached hydrogens (primary N) is 1. The van der Waals surface area contributed by atoms with Gasteiger partial charge < -0.3 is 24.7 Å². The SMILES string of the molecule is CC(=O)N(C[C@@H]1OC(=O)N2c3ccc(-c4ccc(N5CCOC5=O)nc4)cc3C[C@@H]12)C(=O)OCOC(=O)C(N)C(C)C.Cl.Cl. The van der Waals surface area contributed by atoms with Crippen LogP contribution in [0.3, 0.4) is 0 Å². The van der Waals surface area contributed by atoms with Crippen LogP contribution in [0.4, 0.5) is 25.9 Å². The molecule has 1 unspecified atom stereocenters. The van der Waals surface area contributed by atoms with Crippen molar-refractivity contribution in [2.24, 2.45) is 11.7 Å². The molecule has 14 nitrogen and oxygen atoms in total. The molecule has 0 radical (unpaired) electrons. The number of halogens is 2. The van der Waals surface area contributed by atoms with Gasteiger partial charge in [0.25, 0.3) is 0 Å². The molecule has 238 valence electrons. The molecule has 3 aliphatic rings. The summed E-state index contributed by atoms with van der Waals surface area (Å²) in [7, 11) is 0. The molecule has 2 fully saturated rings. The molecular weight excluding hydrogens is 621 g/mol. The minimum Gasteiger partial charge on any atom is -0.447 e. The van der Waals surface area contributed by atoms with E-state index in [1.165, 1.54) is 16.7 Å². The summed E-state index contributed by atoms with van der Waals surface area (Å²) in [5.74, 6) is -1.04. The van der Waals surface area contributed by atoms with Crippen LogP contribution in [0.5, 0.6) is 0 Å². The lowest BCUT2D eigenvalue weighted by atomic mass is 10.0. The van der Waals surface area contributed by atoms with Gasteiger partial charge >= 0.3 is 24.2 Å². The minimum absolute atomic E-state index is 0. The van der Waals surface area contributed by atoms with Gasteiger partial charge in [-0.3, -0.25) is 19.4 Å². The van der Waals surface area contributed by atoms with E-state index in [4.69, 9.17) is 24.7 Å². The Balaban J connectivity index is 0.00000264. The monoisotopic (exact) mass is 653 g/mol. The molecule has 2 saturated heterocycles. The van der Waals surface area contributed by atoms with Crippen LogP contribution in [-0.4, -0.2) is 84.7 Å². The first-order valence-electron chi connectivity index (χ1n) is 13.5. The summed E-state index contributed by atoms with van der Waals surface area (Å²) in [6.45, 7) is 4.47. The van der Waals surface area contributed by atoms with Gasteiger partial charge in [0.1, 0.15) is 24.6 Å². The van der Waals surface area contributed by atoms with Crippen molar-refractivity contribution < 1.29 is 42.9 Å². The van der Waals surface area contributed by atoms with E-state index in [2.05, 4.69) is 4.98 Å². The molecule has 2 aromatic rings. The number of hydrogen-bond donors (Lipinski definition) is 1. The summed E-state index contributed by atoms with van der Waals surface area (Å²) in [4.78, 5) is 69.7. The second-order valence-corrected chi connectivity index (χ2v) is 10.5. The highest BCUT2D eigenvalue weighted by atomic mass is 35.5. The summed E-state index contributed by atoms with van der Waals surface area (Å²) in [6.07, 6.45) is -0.785. The molecule has 4 heterocycles. The number of cyclic esters (lactones) is 2. The maximum absolute atomic E-state index is 12.8. The van der Waals surface area contributed by atoms with E-state index in [-0.39, 0.29) is 37.3 Å². The van der Waals surface area contributed by atoms with Crippen molar-refractivity contribution in [2.45, 2.75) is 45.4 Å². The molecule has 0 saturated carbocycles. The number of pyridine rings is 1. The second kappa shape index (κ2) is 14.1. The predicted molar refractivity (Wildman–Crippen MR) is 161 cm³/mol. The maximum Gasteiger partial charge on any atom is 0.419 e. The Labute approximate surface area is 265 Å². The minimum atomic E-state index is -1.04. The van der Waals surface area contributed by atoms with Gasteiger partial charge in [0.05, 0.1) is 24.8 Å². The number of ether oxygens (including phenoxy) is 4. The third-order valence-electron chi connectivity index (χ3n) is 7.43. The lowest BCUT2D eigenvalue weighted by molar-refractivity contribution is -0.155. The fraction of sp³-hybridized carbons (Fsp3) is 0.429. The lowest BCUT2D eigenvalue weighted by Gasteiger charge is -2.24. The Hall–Kier alpha value is -4.14. The summed E-state index contributed by atoms with van der Waals surface area (Å²) in [5, 5.41) is 0. The topological polar surface area (TPSA) is 171 Å². The number of hydrogen-bond acceptors (Lipinski definition) is 11. The van der Waals surface area contributed by atoms with Crippen LogP contribution in [0.1, 0.15) is 26.3 Å². The molecule has 5 rings (SSSR count). The average Bonchev–Trinajstić information content (AvgIpc) is 3.65. The number of aromatic nitrogens is 1. The van der Waals surface area contributed by atoms with Gasteiger partial charge in [0, 0.05) is 18.7 Å². The predicted octanol–water partition coefficient (Wildman–Crippen LogP) is 3.27. The highest BCUT2D eigenvalue weighted by Crippen LogP contribution is 2.41. The number of imide groups is 1. The van der Waals surface area contributed by atoms with Gasteiger partial charge in [-0.05, 0) is 47.7 Å². The molecule has 0 bridgehead atoms. The van der Waals surface area contributed by atoms with Crippen molar-refractivity contribution in [1.29, 1.82) is 0 Å². The van der Waals surface area contributed by atoms with E-state index < -0.39 is 55.1 Å².